The molecule has 4 fully saturated rings. The number of rotatable bonds is 12. The first kappa shape index (κ1) is 46.7. The number of amides is 2. The molecule has 4 aliphatic heterocycles. The van der Waals surface area contributed by atoms with Crippen LogP contribution in [-0.2, 0) is 41.8 Å². The number of aliphatic hydroxyl groups excluding tert-OH is 2. The van der Waals surface area contributed by atoms with E-state index in [1.807, 2.05) is 84.9 Å². The van der Waals surface area contributed by atoms with Crippen molar-refractivity contribution in [2.45, 2.75) is 25.4 Å². The maximum absolute atomic E-state index is 14.3. The second-order valence-corrected chi connectivity index (χ2v) is 14.1. The van der Waals surface area contributed by atoms with E-state index >= 15 is 0 Å². The van der Waals surface area contributed by atoms with Gasteiger partial charge in [0.25, 0.3) is 12.9 Å². The number of cyclic esters (lactones) is 2. The Morgan fingerprint density at radius 2 is 1.00 bits per heavy atom. The monoisotopic (exact) mass is 862 g/mol. The molecule has 16 nitrogen and oxygen atoms in total. The van der Waals surface area contributed by atoms with E-state index in [4.69, 9.17) is 19.7 Å². The third-order valence-electron chi connectivity index (χ3n) is 9.87. The normalized spacial score (nSPS) is 18.1. The van der Waals surface area contributed by atoms with Crippen LogP contribution in [0.15, 0.2) is 97.1 Å². The largest absolute Gasteiger partial charge is 0.463 e. The number of nitrogens with zero attached hydrogens (tertiary/aromatic N) is 4. The predicted molar refractivity (Wildman–Crippen MR) is 227 cm³/mol. The van der Waals surface area contributed by atoms with Gasteiger partial charge in [-0.25, -0.2) is 18.4 Å². The first-order chi connectivity index (χ1) is 30.2. The number of ether oxygens (including phenoxy) is 4. The zero-order valence-corrected chi connectivity index (χ0v) is 34.2. The summed E-state index contributed by atoms with van der Waals surface area (Å²) in [5, 5.41) is 24.5. The van der Waals surface area contributed by atoms with Crippen LogP contribution in [0.1, 0.15) is 11.1 Å². The van der Waals surface area contributed by atoms with Crippen molar-refractivity contribution in [2.75, 3.05) is 98.3 Å². The maximum atomic E-state index is 14.3. The lowest BCUT2D eigenvalue weighted by Gasteiger charge is -2.30. The van der Waals surface area contributed by atoms with Crippen molar-refractivity contribution in [2.24, 2.45) is 0 Å². The summed E-state index contributed by atoms with van der Waals surface area (Å²) in [5.74, 6) is -1.42. The Labute approximate surface area is 358 Å². The molecular weight excluding hydrogens is 811 g/mol. The van der Waals surface area contributed by atoms with Gasteiger partial charge in [-0.2, -0.15) is 0 Å². The minimum absolute atomic E-state index is 0.0706. The van der Waals surface area contributed by atoms with E-state index in [9.17, 15) is 28.0 Å². The lowest BCUT2D eigenvalue weighted by Crippen LogP contribution is -2.44. The van der Waals surface area contributed by atoms with Crippen molar-refractivity contribution in [1.82, 2.24) is 10.6 Å². The molecule has 0 spiro atoms. The molecule has 4 aromatic rings. The van der Waals surface area contributed by atoms with Crippen LogP contribution < -0.4 is 30.2 Å². The smallest absolute Gasteiger partial charge is 0.414 e. The molecule has 4 aliphatic rings. The number of carbonyl (C=O) groups is 4. The summed E-state index contributed by atoms with van der Waals surface area (Å²) < 4.78 is 47.6. The molecular formula is C44H52F2N6O10. The van der Waals surface area contributed by atoms with Crippen molar-refractivity contribution in [3.63, 3.8) is 0 Å². The summed E-state index contributed by atoms with van der Waals surface area (Å²) in [7, 11) is 0. The molecule has 0 radical (unpaired) electrons. The van der Waals surface area contributed by atoms with Gasteiger partial charge in [0.05, 0.1) is 32.0 Å². The van der Waals surface area contributed by atoms with E-state index in [2.05, 4.69) is 25.0 Å². The highest BCUT2D eigenvalue weighted by Crippen LogP contribution is 2.31. The van der Waals surface area contributed by atoms with Crippen LogP contribution in [0.2, 0.25) is 0 Å². The molecule has 0 bridgehead atoms. The number of anilines is 4. The summed E-state index contributed by atoms with van der Waals surface area (Å²) in [6, 6.07) is 29.3. The number of hydrogen-bond acceptors (Lipinski definition) is 14. The van der Waals surface area contributed by atoms with Crippen LogP contribution in [0.5, 0.6) is 0 Å². The minimum Gasteiger partial charge on any atom is -0.463 e. The van der Waals surface area contributed by atoms with Crippen molar-refractivity contribution in [3.8, 4) is 0 Å². The third kappa shape index (κ3) is 13.8. The van der Waals surface area contributed by atoms with Gasteiger partial charge in [0.1, 0.15) is 31.1 Å². The number of halogens is 2. The van der Waals surface area contributed by atoms with E-state index in [-0.39, 0.29) is 37.2 Å². The summed E-state index contributed by atoms with van der Waals surface area (Å²) in [4.78, 5) is 49.5. The zero-order valence-electron chi connectivity index (χ0n) is 34.2. The molecule has 18 heteroatoms. The van der Waals surface area contributed by atoms with Crippen LogP contribution in [0.3, 0.4) is 0 Å². The van der Waals surface area contributed by atoms with Crippen molar-refractivity contribution in [3.05, 3.63) is 120 Å². The number of nitrogens with one attached hydrogen (secondary N) is 2. The summed E-state index contributed by atoms with van der Waals surface area (Å²) in [6.45, 7) is 8.00. The van der Waals surface area contributed by atoms with E-state index in [1.54, 1.807) is 9.80 Å². The molecule has 4 heterocycles. The average Bonchev–Trinajstić information content (AvgIpc) is 3.90. The molecule has 4 N–H and O–H groups in total. The fourth-order valence-corrected chi connectivity index (χ4v) is 6.73. The van der Waals surface area contributed by atoms with Gasteiger partial charge in [0, 0.05) is 75.9 Å². The van der Waals surface area contributed by atoms with Crippen LogP contribution in [0.4, 0.5) is 41.1 Å². The van der Waals surface area contributed by atoms with E-state index in [0.717, 1.165) is 60.0 Å². The van der Waals surface area contributed by atoms with Crippen LogP contribution in [-0.4, -0.2) is 126 Å². The fourth-order valence-electron chi connectivity index (χ4n) is 6.73. The quantitative estimate of drug-likeness (QED) is 0.119. The SMILES string of the molecule is O=C1O[C@@H](CO)CN1c1cc(F)c(N2CCNCC2)c(F)c1.O=C1O[C@@H](CO)CN1c1ccc(N2CCNCC2)cc1.O=COCc1ccccc1.O=COCc1ccccc1. The Kier molecular flexibility index (Phi) is 18.7. The number of piperazine rings is 2. The van der Waals surface area contributed by atoms with Crippen molar-refractivity contribution < 1.29 is 57.1 Å². The topological polar surface area (TPSA) is 183 Å². The molecule has 0 saturated carbocycles. The Balaban J connectivity index is 0.000000166. The number of aliphatic hydroxyl groups is 2. The van der Waals surface area contributed by atoms with E-state index in [0.29, 0.717) is 58.9 Å². The Morgan fingerprint density at radius 3 is 1.40 bits per heavy atom. The molecule has 4 aromatic carbocycles. The first-order valence-electron chi connectivity index (χ1n) is 20.1. The van der Waals surface area contributed by atoms with Gasteiger partial charge in [0.2, 0.25) is 0 Å². The van der Waals surface area contributed by atoms with Gasteiger partial charge in [-0.15, -0.1) is 0 Å². The molecule has 2 atom stereocenters. The van der Waals surface area contributed by atoms with Crippen LogP contribution in [0, 0.1) is 11.6 Å². The molecule has 4 saturated heterocycles. The molecule has 0 aliphatic carbocycles. The molecule has 62 heavy (non-hydrogen) atoms. The Bertz CT molecular complexity index is 1920. The summed E-state index contributed by atoms with van der Waals surface area (Å²) >= 11 is 0. The first-order valence-corrected chi connectivity index (χ1v) is 20.1. The van der Waals surface area contributed by atoms with Gasteiger partial charge in [-0.1, -0.05) is 60.7 Å². The lowest BCUT2D eigenvalue weighted by atomic mass is 10.2. The molecule has 332 valence electrons. The highest BCUT2D eigenvalue weighted by molar-refractivity contribution is 5.90. The van der Waals surface area contributed by atoms with Gasteiger partial charge in [0.15, 0.2) is 11.6 Å². The number of carbonyl (C=O) groups excluding carboxylic acids is 4. The second kappa shape index (κ2) is 24.8. The highest BCUT2D eigenvalue weighted by Gasteiger charge is 2.34. The van der Waals surface area contributed by atoms with Gasteiger partial charge in [-0.05, 0) is 35.4 Å². The highest BCUT2D eigenvalue weighted by atomic mass is 19.1. The third-order valence-corrected chi connectivity index (χ3v) is 9.87. The molecule has 0 unspecified atom stereocenters. The number of benzene rings is 4. The lowest BCUT2D eigenvalue weighted by molar-refractivity contribution is -0.130. The standard InChI is InChI=1S/C14H17F2N3O3.C14H19N3O3.2C8H8O2/c15-11-5-9(19-7-10(8-20)22-14(19)21)6-12(16)13(11)18-3-1-17-2-4-18;18-10-13-9-17(14(19)20-13)12-3-1-11(2-4-12)16-7-5-15-6-8-16;2*9-7-10-6-8-4-2-1-3-5-8/h5-6,10,17,20H,1-4,7-8H2;1-4,13,15,18H,5-10H2;2*1-5,7H,6H2/t10-;13-;;/m11../s1. The van der Waals surface area contributed by atoms with Gasteiger partial charge >= 0.3 is 12.2 Å². The van der Waals surface area contributed by atoms with E-state index in [1.165, 1.54) is 5.69 Å². The summed E-state index contributed by atoms with van der Waals surface area (Å²) in [5.41, 5.74) is 4.02. The van der Waals surface area contributed by atoms with Gasteiger partial charge in [-0.3, -0.25) is 19.4 Å². The van der Waals surface area contributed by atoms with E-state index < -0.39 is 29.9 Å². The predicted octanol–water partition coefficient (Wildman–Crippen LogP) is 3.82. The molecule has 0 aromatic heterocycles. The maximum Gasteiger partial charge on any atom is 0.414 e. The van der Waals surface area contributed by atoms with Gasteiger partial charge < -0.3 is 49.6 Å². The Hall–Kier alpha value is -6.34. The minimum atomic E-state index is -0.715. The summed E-state index contributed by atoms with van der Waals surface area (Å²) in [6.07, 6.45) is -2.20. The average molecular weight is 863 g/mol. The number of hydrogen-bond donors (Lipinski definition) is 4. The van der Waals surface area contributed by atoms with Crippen molar-refractivity contribution in [1.29, 1.82) is 0 Å². The Morgan fingerprint density at radius 1 is 0.597 bits per heavy atom. The van der Waals surface area contributed by atoms with Crippen LogP contribution in [0.25, 0.3) is 0 Å². The van der Waals surface area contributed by atoms with Crippen molar-refractivity contribution >= 4 is 47.9 Å². The van der Waals surface area contributed by atoms with Crippen LogP contribution >= 0.6 is 0 Å². The fraction of sp³-hybridized carbons (Fsp3) is 0.364. The second-order valence-electron chi connectivity index (χ2n) is 14.1. The zero-order chi connectivity index (χ0) is 44.1. The molecule has 2 amide bonds. The molecule has 8 rings (SSSR count).